The molecule has 1 aliphatic rings. The van der Waals surface area contributed by atoms with Crippen LogP contribution in [-0.4, -0.2) is 23.7 Å². The maximum absolute atomic E-state index is 12.0. The third-order valence-electron chi connectivity index (χ3n) is 3.15. The Balaban J connectivity index is 1.99. The van der Waals surface area contributed by atoms with Crippen molar-refractivity contribution in [2.24, 2.45) is 11.7 Å². The maximum atomic E-state index is 12.0. The number of hydrogen-bond acceptors (Lipinski definition) is 3. The van der Waals surface area contributed by atoms with Gasteiger partial charge in [0.05, 0.1) is 18.6 Å². The molecule has 0 radical (unpaired) electrons. The van der Waals surface area contributed by atoms with Crippen molar-refractivity contribution in [1.29, 1.82) is 0 Å². The fourth-order valence-corrected chi connectivity index (χ4v) is 2.12. The Morgan fingerprint density at radius 1 is 1.39 bits per heavy atom. The minimum absolute atomic E-state index is 0.0370. The van der Waals surface area contributed by atoms with Crippen LogP contribution < -0.4 is 11.1 Å². The number of hydrogen-bond donors (Lipinski definition) is 3. The number of amides is 1. The first kappa shape index (κ1) is 12.8. The number of benzene rings is 1. The number of rotatable bonds is 4. The van der Waals surface area contributed by atoms with E-state index in [2.05, 4.69) is 5.32 Å². The van der Waals surface area contributed by atoms with Crippen LogP contribution in [0.3, 0.4) is 0 Å². The molecule has 2 rings (SSSR count). The number of aliphatic hydroxyl groups excluding tert-OH is 1. The smallest absolute Gasteiger partial charge is 0.227 e. The van der Waals surface area contributed by atoms with Crippen molar-refractivity contribution in [1.82, 2.24) is 5.32 Å². The third-order valence-corrected chi connectivity index (χ3v) is 3.15. The molecule has 96 valence electrons. The molecule has 1 aromatic carbocycles. The molecule has 0 spiro atoms. The summed E-state index contributed by atoms with van der Waals surface area (Å²) >= 11 is 0. The number of aliphatic hydroxyl groups is 1. The summed E-state index contributed by atoms with van der Waals surface area (Å²) in [6.45, 7) is -0.113. The van der Waals surface area contributed by atoms with Gasteiger partial charge in [-0.15, -0.1) is 0 Å². The molecule has 4 nitrogen and oxygen atoms in total. The largest absolute Gasteiger partial charge is 0.394 e. The zero-order valence-corrected chi connectivity index (χ0v) is 10.1. The Morgan fingerprint density at radius 2 is 2.11 bits per heavy atom. The predicted molar refractivity (Wildman–Crippen MR) is 69.6 cm³/mol. The molecule has 1 amide bonds. The quantitative estimate of drug-likeness (QED) is 0.686. The number of carbonyl (C=O) groups excluding carboxylic acids is 1. The molecule has 0 fully saturated rings. The highest BCUT2D eigenvalue weighted by atomic mass is 16.3. The summed E-state index contributed by atoms with van der Waals surface area (Å²) in [7, 11) is 0. The molecule has 18 heavy (non-hydrogen) atoms. The van der Waals surface area contributed by atoms with Crippen molar-refractivity contribution in [3.63, 3.8) is 0 Å². The molecule has 0 aromatic heterocycles. The molecule has 1 aromatic rings. The molecule has 3 atom stereocenters. The van der Waals surface area contributed by atoms with Crippen LogP contribution >= 0.6 is 0 Å². The van der Waals surface area contributed by atoms with E-state index in [9.17, 15) is 9.90 Å². The van der Waals surface area contributed by atoms with Crippen LogP contribution in [0.5, 0.6) is 0 Å². The molecule has 0 saturated carbocycles. The van der Waals surface area contributed by atoms with E-state index in [-0.39, 0.29) is 30.5 Å². The van der Waals surface area contributed by atoms with E-state index >= 15 is 0 Å². The van der Waals surface area contributed by atoms with Gasteiger partial charge in [-0.2, -0.15) is 0 Å². The van der Waals surface area contributed by atoms with Crippen LogP contribution in [0.15, 0.2) is 42.5 Å². The van der Waals surface area contributed by atoms with Crippen molar-refractivity contribution >= 4 is 5.91 Å². The first-order chi connectivity index (χ1) is 8.70. The average Bonchev–Trinajstić information content (AvgIpc) is 2.83. The monoisotopic (exact) mass is 246 g/mol. The molecule has 4 N–H and O–H groups in total. The lowest BCUT2D eigenvalue weighted by molar-refractivity contribution is -0.124. The van der Waals surface area contributed by atoms with E-state index in [4.69, 9.17) is 5.73 Å². The van der Waals surface area contributed by atoms with Gasteiger partial charge >= 0.3 is 0 Å². The predicted octanol–water partition coefficient (Wildman–Crippen LogP) is 0.740. The lowest BCUT2D eigenvalue weighted by Gasteiger charge is -2.19. The fourth-order valence-electron chi connectivity index (χ4n) is 2.12. The van der Waals surface area contributed by atoms with Crippen molar-refractivity contribution in [2.75, 3.05) is 6.61 Å². The zero-order chi connectivity index (χ0) is 13.0. The standard InChI is InChI=1S/C14H18N2O2/c15-12-7-6-11(8-12)14(18)16-13(9-17)10-4-2-1-3-5-10/h1-7,11-13,17H,8-9,15H2,(H,16,18). The van der Waals surface area contributed by atoms with Crippen LogP contribution in [0.2, 0.25) is 0 Å². The second-order valence-corrected chi connectivity index (χ2v) is 4.55. The Labute approximate surface area is 107 Å². The highest BCUT2D eigenvalue weighted by molar-refractivity contribution is 5.81. The Hall–Kier alpha value is -1.65. The van der Waals surface area contributed by atoms with E-state index < -0.39 is 0 Å². The zero-order valence-electron chi connectivity index (χ0n) is 10.1. The van der Waals surface area contributed by atoms with Gasteiger partial charge in [0.15, 0.2) is 0 Å². The van der Waals surface area contributed by atoms with Crippen LogP contribution in [0, 0.1) is 5.92 Å². The normalized spacial score (nSPS) is 23.9. The summed E-state index contributed by atoms with van der Waals surface area (Å²) in [6.07, 6.45) is 4.32. The summed E-state index contributed by atoms with van der Waals surface area (Å²) in [5.74, 6) is -0.264. The van der Waals surface area contributed by atoms with Crippen LogP contribution in [0.1, 0.15) is 18.0 Å². The topological polar surface area (TPSA) is 75.4 Å². The summed E-state index contributed by atoms with van der Waals surface area (Å²) in [5.41, 5.74) is 6.62. The highest BCUT2D eigenvalue weighted by Crippen LogP contribution is 2.19. The molecule has 4 heteroatoms. The lowest BCUT2D eigenvalue weighted by Crippen LogP contribution is -2.35. The van der Waals surface area contributed by atoms with Crippen LogP contribution in [0.4, 0.5) is 0 Å². The first-order valence-electron chi connectivity index (χ1n) is 6.11. The Kier molecular flexibility index (Phi) is 4.12. The van der Waals surface area contributed by atoms with Crippen LogP contribution in [-0.2, 0) is 4.79 Å². The Bertz CT molecular complexity index is 431. The van der Waals surface area contributed by atoms with Gasteiger partial charge in [-0.05, 0) is 12.0 Å². The van der Waals surface area contributed by atoms with E-state index in [1.54, 1.807) is 0 Å². The van der Waals surface area contributed by atoms with Crippen molar-refractivity contribution in [3.05, 3.63) is 48.0 Å². The van der Waals surface area contributed by atoms with Crippen LogP contribution in [0.25, 0.3) is 0 Å². The number of nitrogens with two attached hydrogens (primary N) is 1. The third kappa shape index (κ3) is 2.97. The molecule has 0 saturated heterocycles. The highest BCUT2D eigenvalue weighted by Gasteiger charge is 2.24. The van der Waals surface area contributed by atoms with Gasteiger partial charge < -0.3 is 16.2 Å². The van der Waals surface area contributed by atoms with E-state index in [0.29, 0.717) is 6.42 Å². The lowest BCUT2D eigenvalue weighted by atomic mass is 10.0. The summed E-state index contributed by atoms with van der Waals surface area (Å²) < 4.78 is 0. The first-order valence-corrected chi connectivity index (χ1v) is 6.11. The van der Waals surface area contributed by atoms with Gasteiger partial charge in [0.25, 0.3) is 0 Å². The van der Waals surface area contributed by atoms with E-state index in [0.717, 1.165) is 5.56 Å². The summed E-state index contributed by atoms with van der Waals surface area (Å²) in [5, 5.41) is 12.2. The van der Waals surface area contributed by atoms with Gasteiger partial charge in [0.2, 0.25) is 5.91 Å². The molecule has 0 heterocycles. The average molecular weight is 246 g/mol. The van der Waals surface area contributed by atoms with E-state index in [1.807, 2.05) is 42.5 Å². The number of carbonyl (C=O) groups is 1. The maximum Gasteiger partial charge on any atom is 0.227 e. The minimum atomic E-state index is -0.357. The summed E-state index contributed by atoms with van der Waals surface area (Å²) in [6, 6.07) is 9.05. The van der Waals surface area contributed by atoms with E-state index in [1.165, 1.54) is 0 Å². The fraction of sp³-hybridized carbons (Fsp3) is 0.357. The minimum Gasteiger partial charge on any atom is -0.394 e. The summed E-state index contributed by atoms with van der Waals surface area (Å²) in [4.78, 5) is 12.0. The van der Waals surface area contributed by atoms with Gasteiger partial charge in [-0.1, -0.05) is 42.5 Å². The van der Waals surface area contributed by atoms with Crippen molar-refractivity contribution < 1.29 is 9.90 Å². The molecule has 3 unspecified atom stereocenters. The second kappa shape index (κ2) is 5.80. The molecular weight excluding hydrogens is 228 g/mol. The molecule has 0 bridgehead atoms. The SMILES string of the molecule is NC1C=CC(C(=O)NC(CO)c2ccccc2)C1. The number of nitrogens with one attached hydrogen (secondary N) is 1. The second-order valence-electron chi connectivity index (χ2n) is 4.55. The van der Waals surface area contributed by atoms with Gasteiger partial charge in [0, 0.05) is 6.04 Å². The molecule has 0 aliphatic heterocycles. The van der Waals surface area contributed by atoms with Gasteiger partial charge in [-0.25, -0.2) is 0 Å². The molecule has 1 aliphatic carbocycles. The van der Waals surface area contributed by atoms with Crippen molar-refractivity contribution in [2.45, 2.75) is 18.5 Å². The van der Waals surface area contributed by atoms with Crippen molar-refractivity contribution in [3.8, 4) is 0 Å². The Morgan fingerprint density at radius 3 is 2.67 bits per heavy atom. The van der Waals surface area contributed by atoms with Gasteiger partial charge in [-0.3, -0.25) is 4.79 Å². The van der Waals surface area contributed by atoms with Gasteiger partial charge in [0.1, 0.15) is 0 Å². The molecular formula is C14H18N2O2.